The van der Waals surface area contributed by atoms with Crippen LogP contribution in [-0.4, -0.2) is 19.2 Å². The van der Waals surface area contributed by atoms with Crippen molar-refractivity contribution in [1.29, 1.82) is 0 Å². The maximum Gasteiger partial charge on any atom is 0.124 e. The summed E-state index contributed by atoms with van der Waals surface area (Å²) in [5.41, 5.74) is 2.83. The summed E-state index contributed by atoms with van der Waals surface area (Å²) >= 11 is 0. The van der Waals surface area contributed by atoms with Gasteiger partial charge in [-0.3, -0.25) is 0 Å². The number of aromatic nitrogens is 1. The van der Waals surface area contributed by atoms with Crippen molar-refractivity contribution in [2.75, 3.05) is 14.2 Å². The van der Waals surface area contributed by atoms with Gasteiger partial charge in [-0.15, -0.1) is 0 Å². The molecule has 3 rings (SSSR count). The quantitative estimate of drug-likeness (QED) is 0.682. The number of aromatic amines is 1. The van der Waals surface area contributed by atoms with Gasteiger partial charge >= 0.3 is 0 Å². The molecule has 0 fully saturated rings. The highest BCUT2D eigenvalue weighted by Gasteiger charge is 2.19. The van der Waals surface area contributed by atoms with E-state index in [9.17, 15) is 4.39 Å². The van der Waals surface area contributed by atoms with Crippen molar-refractivity contribution in [2.45, 2.75) is 12.6 Å². The highest BCUT2D eigenvalue weighted by Crippen LogP contribution is 2.32. The molecule has 0 amide bonds. The van der Waals surface area contributed by atoms with Gasteiger partial charge in [0.05, 0.1) is 20.3 Å². The SMILES string of the molecule is COc1cccc(C(NCc2cc[nH]c2)c2cc(F)ccc2OC)c1. The van der Waals surface area contributed by atoms with Gasteiger partial charge in [-0.2, -0.15) is 0 Å². The van der Waals surface area contributed by atoms with Crippen LogP contribution in [0.3, 0.4) is 0 Å². The molecule has 25 heavy (non-hydrogen) atoms. The Bertz CT molecular complexity index is 818. The highest BCUT2D eigenvalue weighted by atomic mass is 19.1. The number of rotatable bonds is 7. The molecular weight excluding hydrogens is 319 g/mol. The predicted octanol–water partition coefficient (Wildman–Crippen LogP) is 4.05. The normalized spacial score (nSPS) is 12.0. The third kappa shape index (κ3) is 4.00. The van der Waals surface area contributed by atoms with Gasteiger partial charge in [0.1, 0.15) is 17.3 Å². The van der Waals surface area contributed by atoms with Gasteiger partial charge in [0, 0.05) is 24.5 Å². The van der Waals surface area contributed by atoms with E-state index >= 15 is 0 Å². The second-order valence-electron chi connectivity index (χ2n) is 5.70. The molecule has 0 spiro atoms. The van der Waals surface area contributed by atoms with Gasteiger partial charge in [0.15, 0.2) is 0 Å². The summed E-state index contributed by atoms with van der Waals surface area (Å²) in [6.45, 7) is 0.630. The Morgan fingerprint density at radius 1 is 1.08 bits per heavy atom. The smallest absolute Gasteiger partial charge is 0.124 e. The molecule has 1 heterocycles. The van der Waals surface area contributed by atoms with E-state index in [2.05, 4.69) is 10.3 Å². The first-order valence-electron chi connectivity index (χ1n) is 8.03. The fourth-order valence-corrected chi connectivity index (χ4v) is 2.85. The van der Waals surface area contributed by atoms with Crippen molar-refractivity contribution in [2.24, 2.45) is 0 Å². The fraction of sp³-hybridized carbons (Fsp3) is 0.200. The lowest BCUT2D eigenvalue weighted by molar-refractivity contribution is 0.400. The Balaban J connectivity index is 2.00. The molecule has 1 unspecified atom stereocenters. The fourth-order valence-electron chi connectivity index (χ4n) is 2.85. The first-order valence-corrected chi connectivity index (χ1v) is 8.03. The summed E-state index contributed by atoms with van der Waals surface area (Å²) < 4.78 is 24.7. The van der Waals surface area contributed by atoms with Crippen molar-refractivity contribution >= 4 is 0 Å². The second kappa shape index (κ2) is 7.85. The number of hydrogen-bond acceptors (Lipinski definition) is 3. The van der Waals surface area contributed by atoms with E-state index in [1.165, 1.54) is 12.1 Å². The van der Waals surface area contributed by atoms with E-state index in [1.54, 1.807) is 20.3 Å². The number of benzene rings is 2. The number of halogens is 1. The first kappa shape index (κ1) is 17.0. The maximum absolute atomic E-state index is 13.9. The Morgan fingerprint density at radius 3 is 2.68 bits per heavy atom. The molecule has 1 aromatic heterocycles. The van der Waals surface area contributed by atoms with Gasteiger partial charge in [-0.1, -0.05) is 12.1 Å². The van der Waals surface area contributed by atoms with Crippen LogP contribution < -0.4 is 14.8 Å². The van der Waals surface area contributed by atoms with Crippen LogP contribution in [0.2, 0.25) is 0 Å². The monoisotopic (exact) mass is 340 g/mol. The minimum Gasteiger partial charge on any atom is -0.497 e. The molecule has 0 radical (unpaired) electrons. The lowest BCUT2D eigenvalue weighted by atomic mass is 9.97. The molecule has 0 aliphatic rings. The minimum absolute atomic E-state index is 0.240. The number of ether oxygens (including phenoxy) is 2. The third-order valence-corrected chi connectivity index (χ3v) is 4.10. The van der Waals surface area contributed by atoms with E-state index < -0.39 is 0 Å². The number of methoxy groups -OCH3 is 2. The Hall–Kier alpha value is -2.79. The lowest BCUT2D eigenvalue weighted by Gasteiger charge is -2.22. The molecule has 0 aliphatic carbocycles. The zero-order valence-corrected chi connectivity index (χ0v) is 14.3. The van der Waals surface area contributed by atoms with Crippen LogP contribution in [0, 0.1) is 5.82 Å². The van der Waals surface area contributed by atoms with Gasteiger partial charge in [0.25, 0.3) is 0 Å². The average molecular weight is 340 g/mol. The zero-order valence-electron chi connectivity index (χ0n) is 14.3. The Morgan fingerprint density at radius 2 is 1.96 bits per heavy atom. The first-order chi connectivity index (χ1) is 12.2. The van der Waals surface area contributed by atoms with Crippen LogP contribution in [0.1, 0.15) is 22.7 Å². The summed E-state index contributed by atoms with van der Waals surface area (Å²) in [7, 11) is 3.22. The molecule has 2 N–H and O–H groups in total. The molecule has 0 aliphatic heterocycles. The Labute approximate surface area is 146 Å². The van der Waals surface area contributed by atoms with E-state index in [-0.39, 0.29) is 11.9 Å². The van der Waals surface area contributed by atoms with Crippen LogP contribution in [0.4, 0.5) is 4.39 Å². The van der Waals surface area contributed by atoms with Gasteiger partial charge < -0.3 is 19.8 Å². The molecular formula is C20H21FN2O2. The largest absolute Gasteiger partial charge is 0.497 e. The molecule has 3 aromatic rings. The van der Waals surface area contributed by atoms with Crippen molar-refractivity contribution < 1.29 is 13.9 Å². The van der Waals surface area contributed by atoms with E-state index in [1.807, 2.05) is 42.7 Å². The summed E-state index contributed by atoms with van der Waals surface area (Å²) in [6.07, 6.45) is 3.80. The summed E-state index contributed by atoms with van der Waals surface area (Å²) in [5, 5.41) is 3.49. The topological polar surface area (TPSA) is 46.3 Å². The maximum atomic E-state index is 13.9. The minimum atomic E-state index is -0.299. The summed E-state index contributed by atoms with van der Waals surface area (Å²) in [4.78, 5) is 3.04. The molecule has 1 atom stereocenters. The van der Waals surface area contributed by atoms with Crippen LogP contribution in [0.15, 0.2) is 60.9 Å². The Kier molecular flexibility index (Phi) is 5.36. The second-order valence-corrected chi connectivity index (χ2v) is 5.70. The van der Waals surface area contributed by atoms with Crippen molar-refractivity contribution in [3.63, 3.8) is 0 Å². The van der Waals surface area contributed by atoms with Gasteiger partial charge in [0.2, 0.25) is 0 Å². The molecule has 0 bridgehead atoms. The number of H-pyrrole nitrogens is 1. The van der Waals surface area contributed by atoms with E-state index in [0.717, 1.165) is 22.4 Å². The van der Waals surface area contributed by atoms with Crippen LogP contribution in [0.25, 0.3) is 0 Å². The molecule has 5 heteroatoms. The van der Waals surface area contributed by atoms with E-state index in [0.29, 0.717) is 12.3 Å². The van der Waals surface area contributed by atoms with Gasteiger partial charge in [-0.05, 0) is 47.5 Å². The molecule has 0 saturated carbocycles. The van der Waals surface area contributed by atoms with Crippen LogP contribution in [-0.2, 0) is 6.54 Å². The number of hydrogen-bond donors (Lipinski definition) is 2. The molecule has 2 aromatic carbocycles. The number of nitrogens with one attached hydrogen (secondary N) is 2. The highest BCUT2D eigenvalue weighted by molar-refractivity contribution is 5.44. The predicted molar refractivity (Wildman–Crippen MR) is 95.4 cm³/mol. The lowest BCUT2D eigenvalue weighted by Crippen LogP contribution is -2.22. The molecule has 130 valence electrons. The zero-order chi connectivity index (χ0) is 17.6. The van der Waals surface area contributed by atoms with Crippen molar-refractivity contribution in [3.8, 4) is 11.5 Å². The summed E-state index contributed by atoms with van der Waals surface area (Å²) in [5.74, 6) is 1.09. The molecule has 0 saturated heterocycles. The van der Waals surface area contributed by atoms with E-state index in [4.69, 9.17) is 9.47 Å². The third-order valence-electron chi connectivity index (χ3n) is 4.10. The van der Waals surface area contributed by atoms with Crippen molar-refractivity contribution in [1.82, 2.24) is 10.3 Å². The standard InChI is InChI=1S/C20H21FN2O2/c1-24-17-5-3-4-15(10-17)20(23-13-14-8-9-22-12-14)18-11-16(21)6-7-19(18)25-2/h3-12,20,22-23H,13H2,1-2H3. The molecule has 4 nitrogen and oxygen atoms in total. The van der Waals surface area contributed by atoms with Crippen LogP contribution >= 0.6 is 0 Å². The average Bonchev–Trinajstić information content (AvgIpc) is 3.16. The van der Waals surface area contributed by atoms with Crippen molar-refractivity contribution in [3.05, 3.63) is 83.4 Å². The summed E-state index contributed by atoms with van der Waals surface area (Å²) in [6, 6.07) is 14.1. The van der Waals surface area contributed by atoms with Crippen LogP contribution in [0.5, 0.6) is 11.5 Å². The van der Waals surface area contributed by atoms with Gasteiger partial charge in [-0.25, -0.2) is 4.39 Å².